The van der Waals surface area contributed by atoms with E-state index in [1.54, 1.807) is 18.2 Å². The van der Waals surface area contributed by atoms with Crippen LogP contribution in [0.4, 0.5) is 0 Å². The van der Waals surface area contributed by atoms with E-state index in [4.69, 9.17) is 9.47 Å². The van der Waals surface area contributed by atoms with Gasteiger partial charge in [-0.3, -0.25) is 4.90 Å². The minimum absolute atomic E-state index is 0.227. The van der Waals surface area contributed by atoms with E-state index in [0.29, 0.717) is 25.2 Å². The van der Waals surface area contributed by atoms with Gasteiger partial charge in [0.2, 0.25) is 10.0 Å². The summed E-state index contributed by atoms with van der Waals surface area (Å²) in [5.74, 6) is 0.712. The lowest BCUT2D eigenvalue weighted by Crippen LogP contribution is -2.49. The third-order valence-electron chi connectivity index (χ3n) is 4.80. The number of sulfonamides is 1. The first-order valence-corrected chi connectivity index (χ1v) is 11.9. The summed E-state index contributed by atoms with van der Waals surface area (Å²) in [5.41, 5.74) is 0.822. The number of nitrogens with one attached hydrogen (secondary N) is 3. The van der Waals surface area contributed by atoms with Crippen molar-refractivity contribution >= 4 is 16.0 Å². The topological polar surface area (TPSA) is 104 Å². The zero-order chi connectivity index (χ0) is 21.8. The Bertz CT molecular complexity index is 766. The third kappa shape index (κ3) is 8.19. The Morgan fingerprint density at radius 2 is 2.07 bits per heavy atom. The first kappa shape index (κ1) is 24.5. The molecule has 0 saturated carbocycles. The molecule has 170 valence electrons. The molecule has 1 unspecified atom stereocenters. The highest BCUT2D eigenvalue weighted by Gasteiger charge is 2.17. The number of rotatable bonds is 11. The average Bonchev–Trinajstić information content (AvgIpc) is 2.76. The van der Waals surface area contributed by atoms with Crippen LogP contribution in [0.3, 0.4) is 0 Å². The van der Waals surface area contributed by atoms with Crippen LogP contribution in [-0.4, -0.2) is 85.0 Å². The van der Waals surface area contributed by atoms with Gasteiger partial charge in [0.1, 0.15) is 0 Å². The van der Waals surface area contributed by atoms with Gasteiger partial charge in [-0.05, 0) is 31.5 Å². The van der Waals surface area contributed by atoms with Crippen molar-refractivity contribution in [3.05, 3.63) is 29.8 Å². The van der Waals surface area contributed by atoms with E-state index in [0.717, 1.165) is 45.0 Å². The van der Waals surface area contributed by atoms with Crippen LogP contribution in [0.15, 0.2) is 34.2 Å². The van der Waals surface area contributed by atoms with Gasteiger partial charge >= 0.3 is 0 Å². The fourth-order valence-corrected chi connectivity index (χ4v) is 4.16. The summed E-state index contributed by atoms with van der Waals surface area (Å²) in [5, 5.41) is 6.62. The summed E-state index contributed by atoms with van der Waals surface area (Å²) in [6, 6.07) is 7.20. The van der Waals surface area contributed by atoms with Gasteiger partial charge in [0.25, 0.3) is 0 Å². The molecular formula is C20H35N5O4S. The standard InChI is InChI=1S/C20H35N5O4S/c1-4-21-20(22-15-17(2)25-9-12-29-13-10-25)23-16-18-6-5-7-19(14-18)30(26,27)24-8-11-28-3/h5-7,14,17,24H,4,8-13,15-16H2,1-3H3,(H2,21,22,23). The van der Waals surface area contributed by atoms with Crippen LogP contribution in [0.2, 0.25) is 0 Å². The number of hydrogen-bond acceptors (Lipinski definition) is 6. The number of guanidine groups is 1. The summed E-state index contributed by atoms with van der Waals surface area (Å²) >= 11 is 0. The van der Waals surface area contributed by atoms with Gasteiger partial charge in [0, 0.05) is 45.9 Å². The van der Waals surface area contributed by atoms with Crippen LogP contribution in [0.25, 0.3) is 0 Å². The van der Waals surface area contributed by atoms with Gasteiger partial charge in [0.15, 0.2) is 5.96 Å². The summed E-state index contributed by atoms with van der Waals surface area (Å²) in [7, 11) is -2.03. The largest absolute Gasteiger partial charge is 0.383 e. The number of aliphatic imine (C=N–C) groups is 1. The quantitative estimate of drug-likeness (QED) is 0.259. The second-order valence-electron chi connectivity index (χ2n) is 7.11. The summed E-state index contributed by atoms with van der Waals surface area (Å²) in [4.78, 5) is 7.24. The van der Waals surface area contributed by atoms with Crippen LogP contribution < -0.4 is 15.4 Å². The molecule has 2 rings (SSSR count). The van der Waals surface area contributed by atoms with Crippen LogP contribution in [0, 0.1) is 0 Å². The molecule has 1 heterocycles. The molecule has 0 radical (unpaired) electrons. The Labute approximate surface area is 180 Å². The maximum absolute atomic E-state index is 12.4. The first-order valence-electron chi connectivity index (χ1n) is 10.4. The van der Waals surface area contributed by atoms with Crippen molar-refractivity contribution in [2.75, 3.05) is 59.7 Å². The van der Waals surface area contributed by atoms with Gasteiger partial charge in [-0.25, -0.2) is 18.1 Å². The van der Waals surface area contributed by atoms with Crippen molar-refractivity contribution in [1.29, 1.82) is 0 Å². The van der Waals surface area contributed by atoms with Crippen molar-refractivity contribution in [2.24, 2.45) is 4.99 Å². The molecule has 1 saturated heterocycles. The van der Waals surface area contributed by atoms with E-state index in [1.807, 2.05) is 13.0 Å². The summed E-state index contributed by atoms with van der Waals surface area (Å²) < 4.78 is 37.6. The number of ether oxygens (including phenoxy) is 2. The molecule has 1 aliphatic rings. The Kier molecular flexibility index (Phi) is 10.5. The lowest BCUT2D eigenvalue weighted by molar-refractivity contribution is 0.0211. The van der Waals surface area contributed by atoms with Gasteiger partial charge in [-0.15, -0.1) is 0 Å². The fraction of sp³-hybridized carbons (Fsp3) is 0.650. The number of morpholine rings is 1. The van der Waals surface area contributed by atoms with E-state index in [9.17, 15) is 8.42 Å². The summed E-state index contributed by atoms with van der Waals surface area (Å²) in [6.07, 6.45) is 0. The Hall–Kier alpha value is -1.72. The Morgan fingerprint density at radius 1 is 1.30 bits per heavy atom. The monoisotopic (exact) mass is 441 g/mol. The maximum atomic E-state index is 12.4. The van der Waals surface area contributed by atoms with Crippen molar-refractivity contribution in [3.8, 4) is 0 Å². The van der Waals surface area contributed by atoms with Gasteiger partial charge in [0.05, 0.1) is 31.3 Å². The molecule has 0 aliphatic carbocycles. The number of hydrogen-bond donors (Lipinski definition) is 3. The lowest BCUT2D eigenvalue weighted by atomic mass is 10.2. The molecule has 0 bridgehead atoms. The highest BCUT2D eigenvalue weighted by atomic mass is 32.2. The van der Waals surface area contributed by atoms with Gasteiger partial charge in [-0.2, -0.15) is 0 Å². The highest BCUT2D eigenvalue weighted by Crippen LogP contribution is 2.12. The molecule has 9 nitrogen and oxygen atoms in total. The lowest BCUT2D eigenvalue weighted by Gasteiger charge is -2.32. The molecule has 1 fully saturated rings. The maximum Gasteiger partial charge on any atom is 0.240 e. The second kappa shape index (κ2) is 12.9. The minimum atomic E-state index is -3.56. The van der Waals surface area contributed by atoms with Crippen molar-refractivity contribution in [1.82, 2.24) is 20.3 Å². The molecule has 1 aromatic carbocycles. The van der Waals surface area contributed by atoms with Gasteiger partial charge < -0.3 is 20.1 Å². The molecule has 1 aliphatic heterocycles. The number of methoxy groups -OCH3 is 1. The molecule has 0 aromatic heterocycles. The molecule has 1 atom stereocenters. The summed E-state index contributed by atoms with van der Waals surface area (Å²) in [6.45, 7) is 10.1. The van der Waals surface area contributed by atoms with Crippen LogP contribution >= 0.6 is 0 Å². The highest BCUT2D eigenvalue weighted by molar-refractivity contribution is 7.89. The van der Waals surface area contributed by atoms with Crippen molar-refractivity contribution in [3.63, 3.8) is 0 Å². The first-order chi connectivity index (χ1) is 14.5. The van der Waals surface area contributed by atoms with Crippen LogP contribution in [0.5, 0.6) is 0 Å². The van der Waals surface area contributed by atoms with E-state index >= 15 is 0 Å². The van der Waals surface area contributed by atoms with Crippen LogP contribution in [0.1, 0.15) is 19.4 Å². The van der Waals surface area contributed by atoms with E-state index in [2.05, 4.69) is 32.2 Å². The van der Waals surface area contributed by atoms with E-state index in [1.165, 1.54) is 7.11 Å². The molecular weight excluding hydrogens is 406 g/mol. The van der Waals surface area contributed by atoms with Crippen molar-refractivity contribution < 1.29 is 17.9 Å². The zero-order valence-electron chi connectivity index (χ0n) is 18.2. The zero-order valence-corrected chi connectivity index (χ0v) is 19.0. The molecule has 0 spiro atoms. The minimum Gasteiger partial charge on any atom is -0.383 e. The molecule has 0 amide bonds. The Balaban J connectivity index is 1.96. The molecule has 10 heteroatoms. The smallest absolute Gasteiger partial charge is 0.240 e. The Morgan fingerprint density at radius 3 is 2.77 bits per heavy atom. The third-order valence-corrected chi connectivity index (χ3v) is 6.26. The fourth-order valence-electron chi connectivity index (χ4n) is 3.08. The number of nitrogens with zero attached hydrogens (tertiary/aromatic N) is 2. The van der Waals surface area contributed by atoms with E-state index < -0.39 is 10.0 Å². The van der Waals surface area contributed by atoms with E-state index in [-0.39, 0.29) is 11.4 Å². The molecule has 1 aromatic rings. The van der Waals surface area contributed by atoms with Crippen molar-refractivity contribution in [2.45, 2.75) is 31.3 Å². The molecule has 30 heavy (non-hydrogen) atoms. The molecule has 3 N–H and O–H groups in total. The van der Waals surface area contributed by atoms with Gasteiger partial charge in [-0.1, -0.05) is 12.1 Å². The second-order valence-corrected chi connectivity index (χ2v) is 8.88. The predicted octanol–water partition coefficient (Wildman–Crippen LogP) is 0.387. The SMILES string of the molecule is CCNC(=NCc1cccc(S(=O)(=O)NCCOC)c1)NCC(C)N1CCOCC1. The predicted molar refractivity (Wildman–Crippen MR) is 118 cm³/mol. The average molecular weight is 442 g/mol. The normalized spacial score (nSPS) is 17.0. The van der Waals surface area contributed by atoms with Crippen LogP contribution in [-0.2, 0) is 26.0 Å². The number of benzene rings is 1.